The summed E-state index contributed by atoms with van der Waals surface area (Å²) in [5.74, 6) is 0.817. The van der Waals surface area contributed by atoms with Crippen molar-refractivity contribution in [3.05, 3.63) is 58.6 Å². The van der Waals surface area contributed by atoms with Crippen LogP contribution < -0.4 is 5.32 Å². The van der Waals surface area contributed by atoms with Gasteiger partial charge in [-0.1, -0.05) is 47.4 Å². The molecular weight excluding hydrogens is 368 g/mol. The second-order valence-corrected chi connectivity index (χ2v) is 8.92. The molecule has 2 heterocycles. The van der Waals surface area contributed by atoms with Gasteiger partial charge in [0, 0.05) is 5.69 Å². The van der Waals surface area contributed by atoms with Gasteiger partial charge < -0.3 is 5.32 Å². The molecule has 0 saturated carbocycles. The molecule has 0 spiro atoms. The summed E-state index contributed by atoms with van der Waals surface area (Å²) in [5.41, 5.74) is 4.65. The van der Waals surface area contributed by atoms with Crippen molar-refractivity contribution in [2.75, 3.05) is 5.32 Å². The van der Waals surface area contributed by atoms with Crippen LogP contribution in [0.25, 0.3) is 10.2 Å². The van der Waals surface area contributed by atoms with Gasteiger partial charge in [-0.2, -0.15) is 0 Å². The van der Waals surface area contributed by atoms with Crippen molar-refractivity contribution in [2.24, 2.45) is 0 Å². The van der Waals surface area contributed by atoms with Crippen LogP contribution in [-0.4, -0.2) is 15.2 Å². The molecule has 4 nitrogen and oxygen atoms in total. The molecule has 0 aliphatic heterocycles. The SMILES string of the molecule is Cc1cccc(Nc2nnc(SCc3nc4ccccc4s3)s2)c1C. The lowest BCUT2D eigenvalue weighted by Crippen LogP contribution is -1.94. The van der Waals surface area contributed by atoms with Crippen molar-refractivity contribution >= 4 is 55.5 Å². The van der Waals surface area contributed by atoms with Crippen LogP contribution >= 0.6 is 34.4 Å². The molecule has 2 aromatic heterocycles. The molecule has 0 aliphatic carbocycles. The number of fused-ring (bicyclic) bond motifs is 1. The minimum Gasteiger partial charge on any atom is -0.330 e. The van der Waals surface area contributed by atoms with E-state index in [1.54, 1.807) is 34.4 Å². The number of aryl methyl sites for hydroxylation is 1. The van der Waals surface area contributed by atoms with Crippen LogP contribution in [0.1, 0.15) is 16.1 Å². The fourth-order valence-electron chi connectivity index (χ4n) is 2.43. The Morgan fingerprint density at radius 3 is 2.76 bits per heavy atom. The van der Waals surface area contributed by atoms with Gasteiger partial charge in [-0.05, 0) is 43.2 Å². The van der Waals surface area contributed by atoms with Gasteiger partial charge in [0.15, 0.2) is 4.34 Å². The van der Waals surface area contributed by atoms with Crippen molar-refractivity contribution < 1.29 is 0 Å². The summed E-state index contributed by atoms with van der Waals surface area (Å²) in [6, 6.07) is 14.5. The molecule has 4 aromatic rings. The second-order valence-electron chi connectivity index (χ2n) is 5.61. The number of hydrogen-bond donors (Lipinski definition) is 1. The largest absolute Gasteiger partial charge is 0.330 e. The van der Waals surface area contributed by atoms with E-state index >= 15 is 0 Å². The fourth-order valence-corrected chi connectivity index (χ4v) is 5.15. The van der Waals surface area contributed by atoms with Gasteiger partial charge in [-0.15, -0.1) is 21.5 Å². The Kier molecular flexibility index (Phi) is 4.70. The first-order valence-electron chi connectivity index (χ1n) is 7.83. The highest BCUT2D eigenvalue weighted by molar-refractivity contribution is 8.00. The number of hydrogen-bond acceptors (Lipinski definition) is 7. The molecule has 0 unspecified atom stereocenters. The van der Waals surface area contributed by atoms with Crippen molar-refractivity contribution in [2.45, 2.75) is 23.9 Å². The van der Waals surface area contributed by atoms with Gasteiger partial charge in [0.2, 0.25) is 5.13 Å². The maximum absolute atomic E-state index is 4.66. The van der Waals surface area contributed by atoms with E-state index in [0.29, 0.717) is 0 Å². The van der Waals surface area contributed by atoms with Crippen molar-refractivity contribution in [1.82, 2.24) is 15.2 Å². The van der Waals surface area contributed by atoms with Gasteiger partial charge >= 0.3 is 0 Å². The van der Waals surface area contributed by atoms with E-state index in [1.165, 1.54) is 15.8 Å². The first-order chi connectivity index (χ1) is 12.2. The van der Waals surface area contributed by atoms with Crippen LogP contribution in [0.15, 0.2) is 46.8 Å². The van der Waals surface area contributed by atoms with E-state index in [4.69, 9.17) is 0 Å². The summed E-state index contributed by atoms with van der Waals surface area (Å²) < 4.78 is 2.18. The standard InChI is InChI=1S/C18H16N4S3/c1-11-6-5-8-13(12(11)2)20-17-21-22-18(25-17)23-10-16-19-14-7-3-4-9-15(14)24-16/h3-9H,10H2,1-2H3,(H,20,21). The lowest BCUT2D eigenvalue weighted by molar-refractivity contribution is 1.01. The van der Waals surface area contributed by atoms with Gasteiger partial charge in [-0.25, -0.2) is 4.98 Å². The number of nitrogens with zero attached hydrogens (tertiary/aromatic N) is 3. The third kappa shape index (κ3) is 3.68. The highest BCUT2D eigenvalue weighted by atomic mass is 32.2. The smallest absolute Gasteiger partial charge is 0.210 e. The average Bonchev–Trinajstić information content (AvgIpc) is 3.23. The Morgan fingerprint density at radius 2 is 1.88 bits per heavy atom. The third-order valence-electron chi connectivity index (χ3n) is 3.91. The Bertz CT molecular complexity index is 989. The Morgan fingerprint density at radius 1 is 1.00 bits per heavy atom. The quantitative estimate of drug-likeness (QED) is 0.441. The lowest BCUT2D eigenvalue weighted by atomic mass is 10.1. The van der Waals surface area contributed by atoms with Gasteiger partial charge in [-0.3, -0.25) is 0 Å². The molecule has 25 heavy (non-hydrogen) atoms. The molecule has 126 valence electrons. The average molecular weight is 385 g/mol. The van der Waals surface area contributed by atoms with E-state index in [1.807, 2.05) is 12.1 Å². The van der Waals surface area contributed by atoms with Gasteiger partial charge in [0.05, 0.1) is 16.0 Å². The number of nitrogens with one attached hydrogen (secondary N) is 1. The Hall–Kier alpha value is -1.96. The maximum Gasteiger partial charge on any atom is 0.210 e. The van der Waals surface area contributed by atoms with Crippen LogP contribution in [0.2, 0.25) is 0 Å². The zero-order valence-corrected chi connectivity index (χ0v) is 16.3. The number of thioether (sulfide) groups is 1. The first-order valence-corrected chi connectivity index (χ1v) is 10.4. The second kappa shape index (κ2) is 7.11. The molecule has 7 heteroatoms. The summed E-state index contributed by atoms with van der Waals surface area (Å²) in [4.78, 5) is 4.66. The Balaban J connectivity index is 1.43. The van der Waals surface area contributed by atoms with Crippen LogP contribution in [0.5, 0.6) is 0 Å². The summed E-state index contributed by atoms with van der Waals surface area (Å²) in [7, 11) is 0. The molecule has 0 fully saturated rings. The van der Waals surface area contributed by atoms with E-state index in [-0.39, 0.29) is 0 Å². The topological polar surface area (TPSA) is 50.7 Å². The third-order valence-corrected chi connectivity index (χ3v) is 7.11. The van der Waals surface area contributed by atoms with Crippen molar-refractivity contribution in [3.63, 3.8) is 0 Å². The lowest BCUT2D eigenvalue weighted by Gasteiger charge is -2.08. The first kappa shape index (κ1) is 16.5. The molecular formula is C18H16N4S3. The highest BCUT2D eigenvalue weighted by Crippen LogP contribution is 2.32. The van der Waals surface area contributed by atoms with Crippen molar-refractivity contribution in [1.29, 1.82) is 0 Å². The van der Waals surface area contributed by atoms with Crippen LogP contribution in [0, 0.1) is 13.8 Å². The summed E-state index contributed by atoms with van der Waals surface area (Å²) in [5, 5.41) is 13.8. The van der Waals surface area contributed by atoms with E-state index in [9.17, 15) is 0 Å². The molecule has 0 saturated heterocycles. The Labute approximate surface area is 158 Å². The summed E-state index contributed by atoms with van der Waals surface area (Å²) >= 11 is 4.99. The molecule has 4 rings (SSSR count). The zero-order valence-electron chi connectivity index (χ0n) is 13.8. The number of rotatable bonds is 5. The number of aromatic nitrogens is 3. The molecule has 0 radical (unpaired) electrons. The number of para-hydroxylation sites is 1. The van der Waals surface area contributed by atoms with E-state index < -0.39 is 0 Å². The highest BCUT2D eigenvalue weighted by Gasteiger charge is 2.09. The van der Waals surface area contributed by atoms with Gasteiger partial charge in [0.25, 0.3) is 0 Å². The minimum absolute atomic E-state index is 0.817. The van der Waals surface area contributed by atoms with Crippen LogP contribution in [-0.2, 0) is 5.75 Å². The van der Waals surface area contributed by atoms with Crippen molar-refractivity contribution in [3.8, 4) is 0 Å². The predicted octanol–water partition coefficient (Wildman–Crippen LogP) is 5.80. The summed E-state index contributed by atoms with van der Waals surface area (Å²) in [6.45, 7) is 4.22. The number of thiazole rings is 1. The summed E-state index contributed by atoms with van der Waals surface area (Å²) in [6.07, 6.45) is 0. The number of anilines is 2. The van der Waals surface area contributed by atoms with E-state index in [0.717, 1.165) is 31.4 Å². The van der Waals surface area contributed by atoms with Crippen LogP contribution in [0.3, 0.4) is 0 Å². The van der Waals surface area contributed by atoms with Crippen LogP contribution in [0.4, 0.5) is 10.8 Å². The normalized spacial score (nSPS) is 11.1. The molecule has 1 N–H and O–H groups in total. The molecule has 0 amide bonds. The molecule has 0 aliphatic rings. The molecule has 0 atom stereocenters. The molecule has 2 aromatic carbocycles. The zero-order chi connectivity index (χ0) is 17.2. The van der Waals surface area contributed by atoms with Gasteiger partial charge in [0.1, 0.15) is 5.01 Å². The fraction of sp³-hybridized carbons (Fsp3) is 0.167. The maximum atomic E-state index is 4.66. The van der Waals surface area contributed by atoms with E-state index in [2.05, 4.69) is 64.7 Å². The monoisotopic (exact) mass is 384 g/mol. The number of benzene rings is 2. The molecule has 0 bridgehead atoms. The predicted molar refractivity (Wildman–Crippen MR) is 108 cm³/mol. The minimum atomic E-state index is 0.817.